The van der Waals surface area contributed by atoms with E-state index in [1.165, 1.54) is 0 Å². The number of fused-ring (bicyclic) bond motifs is 2. The van der Waals surface area contributed by atoms with Gasteiger partial charge in [0.05, 0.1) is 0 Å². The van der Waals surface area contributed by atoms with E-state index in [4.69, 9.17) is 14.2 Å². The van der Waals surface area contributed by atoms with Gasteiger partial charge in [-0.25, -0.2) is 14.5 Å². The predicted molar refractivity (Wildman–Crippen MR) is 107 cm³/mol. The maximum Gasteiger partial charge on any atom is 0.359 e. The van der Waals surface area contributed by atoms with Crippen molar-refractivity contribution in [3.05, 3.63) is 65.9 Å². The fraction of sp³-hybridized carbons (Fsp3) is 0.304. The smallest absolute Gasteiger partial charge is 0.359 e. The fourth-order valence-corrected chi connectivity index (χ4v) is 4.16. The van der Waals surface area contributed by atoms with Gasteiger partial charge in [0.1, 0.15) is 5.69 Å². The molecule has 156 valence electrons. The second-order valence-corrected chi connectivity index (χ2v) is 7.54. The van der Waals surface area contributed by atoms with Crippen LogP contribution in [0.25, 0.3) is 0 Å². The highest BCUT2D eigenvalue weighted by Crippen LogP contribution is 2.43. The quantitative estimate of drug-likeness (QED) is 0.538. The number of esters is 2. The van der Waals surface area contributed by atoms with E-state index >= 15 is 0 Å². The average molecular weight is 417 g/mol. The predicted octanol–water partition coefficient (Wildman–Crippen LogP) is 1.66. The number of piperidine rings is 3. The minimum atomic E-state index is -1.60. The molecule has 6 rings (SSSR count). The van der Waals surface area contributed by atoms with E-state index in [2.05, 4.69) is 22.0 Å². The topological polar surface area (TPSA) is 90.9 Å². The Hall–Kier alpha value is -3.70. The van der Waals surface area contributed by atoms with Crippen molar-refractivity contribution in [2.75, 3.05) is 13.1 Å². The number of hydrogen-bond donors (Lipinski definition) is 0. The van der Waals surface area contributed by atoms with Crippen molar-refractivity contribution in [1.82, 2.24) is 15.1 Å². The lowest BCUT2D eigenvalue weighted by Crippen LogP contribution is -2.71. The molecule has 1 spiro atoms. The van der Waals surface area contributed by atoms with Crippen LogP contribution < -0.4 is 4.74 Å². The molecule has 5 heterocycles. The summed E-state index contributed by atoms with van der Waals surface area (Å²) in [6.45, 7) is 1.29. The normalized spacial score (nSPS) is 25.7. The van der Waals surface area contributed by atoms with Crippen molar-refractivity contribution in [3.63, 3.8) is 0 Å². The molecule has 8 heteroatoms. The Morgan fingerprint density at radius 1 is 0.935 bits per heavy atom. The monoisotopic (exact) mass is 417 g/mol. The summed E-state index contributed by atoms with van der Waals surface area (Å²) in [5, 5.41) is 8.23. The van der Waals surface area contributed by atoms with Gasteiger partial charge in [0, 0.05) is 42.8 Å². The van der Waals surface area contributed by atoms with Crippen molar-refractivity contribution in [3.8, 4) is 17.7 Å². The van der Waals surface area contributed by atoms with Crippen LogP contribution in [-0.2, 0) is 19.1 Å². The first-order valence-electron chi connectivity index (χ1n) is 10.1. The fourth-order valence-electron chi connectivity index (χ4n) is 4.16. The van der Waals surface area contributed by atoms with Crippen LogP contribution in [-0.4, -0.2) is 52.1 Å². The molecule has 8 nitrogen and oxygen atoms in total. The Morgan fingerprint density at radius 3 is 2.29 bits per heavy atom. The molecule has 1 aromatic heterocycles. The first kappa shape index (κ1) is 19.3. The number of nitrogens with zero attached hydrogens (tertiary/aromatic N) is 3. The molecule has 1 atom stereocenters. The molecule has 4 aliphatic heterocycles. The highest BCUT2D eigenvalue weighted by molar-refractivity contribution is 5.93. The zero-order valence-electron chi connectivity index (χ0n) is 16.6. The molecule has 2 aromatic rings. The van der Waals surface area contributed by atoms with E-state index in [1.54, 1.807) is 12.1 Å². The Bertz CT molecular complexity index is 1060. The molecule has 31 heavy (non-hydrogen) atoms. The summed E-state index contributed by atoms with van der Waals surface area (Å²) in [5.74, 6) is 3.37. The maximum atomic E-state index is 12.1. The maximum absolute atomic E-state index is 12.1. The lowest BCUT2D eigenvalue weighted by atomic mass is 9.82. The summed E-state index contributed by atoms with van der Waals surface area (Å²) < 4.78 is 17.3. The van der Waals surface area contributed by atoms with Crippen LogP contribution >= 0.6 is 0 Å². The molecule has 3 fully saturated rings. The standard InChI is InChI=1S/C23H19N3O5/c27-20-10-11-21(28)31-23(30-20)22(17-12-14-26(23)15-13-17)29-19-9-8-18(24-25-19)7-6-16-4-2-1-3-5-16/h1-5,8-11,17,22H,12-15H2/t22-/m0/s1. The molecule has 0 unspecified atom stereocenters. The van der Waals surface area contributed by atoms with Crippen molar-refractivity contribution in [2.45, 2.75) is 24.9 Å². The number of hydrogen-bond acceptors (Lipinski definition) is 8. The number of ether oxygens (including phenoxy) is 3. The third-order valence-corrected chi connectivity index (χ3v) is 5.61. The van der Waals surface area contributed by atoms with Gasteiger partial charge in [-0.15, -0.1) is 10.2 Å². The molecule has 3 saturated heterocycles. The minimum Gasteiger partial charge on any atom is -0.463 e. The number of benzene rings is 1. The molecular formula is C23H19N3O5. The summed E-state index contributed by atoms with van der Waals surface area (Å²) in [6, 6.07) is 12.9. The van der Waals surface area contributed by atoms with Crippen LogP contribution in [0.1, 0.15) is 24.1 Å². The third-order valence-electron chi connectivity index (χ3n) is 5.61. The largest absolute Gasteiger partial charge is 0.463 e. The van der Waals surface area contributed by atoms with Gasteiger partial charge in [-0.1, -0.05) is 24.1 Å². The summed E-state index contributed by atoms with van der Waals surface area (Å²) in [4.78, 5) is 26.1. The SMILES string of the molecule is O=C1C=CC(=O)OC2(O1)[C@@H](Oc1ccc(C#Cc3ccccc3)nn1)C1CCN2CC1. The second-order valence-electron chi connectivity index (χ2n) is 7.54. The van der Waals surface area contributed by atoms with Gasteiger partial charge >= 0.3 is 17.8 Å². The number of aromatic nitrogens is 2. The van der Waals surface area contributed by atoms with E-state index in [9.17, 15) is 9.59 Å². The molecule has 0 saturated carbocycles. The van der Waals surface area contributed by atoms with Gasteiger partial charge in [-0.2, -0.15) is 0 Å². The summed E-state index contributed by atoms with van der Waals surface area (Å²) in [6.07, 6.45) is 3.10. The molecule has 4 aliphatic rings. The number of carbonyl (C=O) groups is 2. The summed E-state index contributed by atoms with van der Waals surface area (Å²) in [7, 11) is 0. The lowest BCUT2D eigenvalue weighted by molar-refractivity contribution is -0.349. The van der Waals surface area contributed by atoms with Crippen LogP contribution in [0.15, 0.2) is 54.6 Å². The van der Waals surface area contributed by atoms with Crippen molar-refractivity contribution in [1.29, 1.82) is 0 Å². The third kappa shape index (κ3) is 3.76. The van der Waals surface area contributed by atoms with Gasteiger partial charge in [-0.05, 0) is 37.0 Å². The molecule has 2 bridgehead atoms. The van der Waals surface area contributed by atoms with Crippen LogP contribution in [0.2, 0.25) is 0 Å². The summed E-state index contributed by atoms with van der Waals surface area (Å²) >= 11 is 0. The average Bonchev–Trinajstić information content (AvgIpc) is 2.95. The highest BCUT2D eigenvalue weighted by Gasteiger charge is 2.62. The number of rotatable bonds is 2. The van der Waals surface area contributed by atoms with Crippen LogP contribution in [0.3, 0.4) is 0 Å². The van der Waals surface area contributed by atoms with Gasteiger partial charge in [0.25, 0.3) is 0 Å². The Balaban J connectivity index is 1.38. The zero-order chi connectivity index (χ0) is 21.3. The van der Waals surface area contributed by atoms with Crippen molar-refractivity contribution in [2.24, 2.45) is 5.92 Å². The van der Waals surface area contributed by atoms with E-state index in [0.717, 1.165) is 30.6 Å². The zero-order valence-corrected chi connectivity index (χ0v) is 16.6. The molecule has 0 aliphatic carbocycles. The van der Waals surface area contributed by atoms with Crippen LogP contribution in [0.4, 0.5) is 0 Å². The van der Waals surface area contributed by atoms with E-state index in [-0.39, 0.29) is 11.8 Å². The van der Waals surface area contributed by atoms with Gasteiger partial charge in [0.2, 0.25) is 5.88 Å². The van der Waals surface area contributed by atoms with Crippen LogP contribution in [0, 0.1) is 17.8 Å². The van der Waals surface area contributed by atoms with Gasteiger partial charge in [-0.3, -0.25) is 0 Å². The van der Waals surface area contributed by atoms with Gasteiger partial charge < -0.3 is 14.2 Å². The van der Waals surface area contributed by atoms with Crippen molar-refractivity contribution >= 4 is 11.9 Å². The van der Waals surface area contributed by atoms with E-state index in [1.807, 2.05) is 35.2 Å². The first-order chi connectivity index (χ1) is 15.1. The molecule has 1 aromatic carbocycles. The Kier molecular flexibility index (Phi) is 4.88. The summed E-state index contributed by atoms with van der Waals surface area (Å²) in [5.41, 5.74) is 1.38. The van der Waals surface area contributed by atoms with E-state index in [0.29, 0.717) is 18.8 Å². The van der Waals surface area contributed by atoms with Gasteiger partial charge in [0.15, 0.2) is 6.10 Å². The molecule has 0 radical (unpaired) electrons. The molecular weight excluding hydrogens is 398 g/mol. The number of carbonyl (C=O) groups excluding carboxylic acids is 2. The Labute approximate surface area is 178 Å². The molecule has 0 N–H and O–H groups in total. The molecule has 0 amide bonds. The van der Waals surface area contributed by atoms with Crippen molar-refractivity contribution < 1.29 is 23.8 Å². The Morgan fingerprint density at radius 2 is 1.65 bits per heavy atom. The van der Waals surface area contributed by atoms with E-state index < -0.39 is 24.0 Å². The first-order valence-corrected chi connectivity index (χ1v) is 10.1. The second kappa shape index (κ2) is 7.85. The highest BCUT2D eigenvalue weighted by atomic mass is 16.8. The minimum absolute atomic E-state index is 0.0445. The van der Waals surface area contributed by atoms with Crippen LogP contribution in [0.5, 0.6) is 5.88 Å². The lowest BCUT2D eigenvalue weighted by Gasteiger charge is -2.54.